The van der Waals surface area contributed by atoms with Crippen LogP contribution in [0.4, 0.5) is 0 Å². The van der Waals surface area contributed by atoms with E-state index in [1.165, 1.54) is 17.7 Å². The number of halogens is 2. The molecule has 0 aliphatic carbocycles. The molecule has 0 saturated heterocycles. The van der Waals surface area contributed by atoms with Crippen molar-refractivity contribution in [3.63, 3.8) is 0 Å². The summed E-state index contributed by atoms with van der Waals surface area (Å²) < 4.78 is 2.82. The Morgan fingerprint density at radius 3 is 1.24 bits per heavy atom. The van der Waals surface area contributed by atoms with Crippen molar-refractivity contribution in [2.24, 2.45) is 0 Å². The Balaban J connectivity index is 2.41. The van der Waals surface area contributed by atoms with Crippen LogP contribution in [0.25, 0.3) is 0 Å². The Bertz CT molecular complexity index is 453. The van der Waals surface area contributed by atoms with Crippen molar-refractivity contribution in [2.45, 2.75) is 13.8 Å². The molecule has 0 N–H and O–H groups in total. The second-order valence-electron chi connectivity index (χ2n) is 4.31. The van der Waals surface area contributed by atoms with Gasteiger partial charge in [-0.2, -0.15) is 0 Å². The molecule has 0 nitrogen and oxygen atoms in total. The molecule has 0 unspecified atom stereocenters. The third-order valence-corrected chi connectivity index (χ3v) is 18.9. The van der Waals surface area contributed by atoms with Gasteiger partial charge in [0.1, 0.15) is 0 Å². The molecule has 0 heterocycles. The van der Waals surface area contributed by atoms with Gasteiger partial charge in [0, 0.05) is 0 Å². The summed E-state index contributed by atoms with van der Waals surface area (Å²) in [6, 6.07) is 17.6. The molecular weight excluding hydrogens is 419 g/mol. The van der Waals surface area contributed by atoms with Crippen LogP contribution in [0.15, 0.2) is 48.5 Å². The van der Waals surface area contributed by atoms with Crippen LogP contribution in [0.3, 0.4) is 0 Å². The Hall–Kier alpha value is 0.283. The molecule has 0 atom stereocenters. The van der Waals surface area contributed by atoms with Gasteiger partial charge in [0.2, 0.25) is 0 Å². The van der Waals surface area contributed by atoms with Crippen LogP contribution < -0.4 is 6.54 Å². The molecular formula is C14H14Br2Zr. The molecule has 0 aliphatic heterocycles. The first-order valence-corrected chi connectivity index (χ1v) is 19.2. The first kappa shape index (κ1) is 13.7. The zero-order valence-electron chi connectivity index (χ0n) is 9.87. The zero-order chi connectivity index (χ0) is 12.5. The molecule has 2 aromatic carbocycles. The molecule has 0 bridgehead atoms. The van der Waals surface area contributed by atoms with Gasteiger partial charge in [-0.1, -0.05) is 0 Å². The SMILES string of the molecule is Cc1cc[c]([Zr]([Br])([Br])[c]2ccc(C)cc2)cc1. The predicted octanol–water partition coefficient (Wildman–Crippen LogP) is 4.03. The standard InChI is InChI=1S/2C7H7.2BrH.Zr/c2*1-7-5-3-2-4-6-7;;;/h2*3-6H,1H3;2*1H;/q;;;;+2/p-2. The van der Waals surface area contributed by atoms with E-state index in [1.54, 1.807) is 0 Å². The van der Waals surface area contributed by atoms with Crippen molar-refractivity contribution in [1.29, 1.82) is 0 Å². The monoisotopic (exact) mass is 430 g/mol. The molecule has 2 aromatic rings. The van der Waals surface area contributed by atoms with Crippen LogP contribution in [0.1, 0.15) is 11.1 Å². The Morgan fingerprint density at radius 1 is 0.647 bits per heavy atom. The maximum atomic E-state index is 3.97. The van der Waals surface area contributed by atoms with E-state index in [0.29, 0.717) is 0 Å². The second kappa shape index (κ2) is 5.51. The molecule has 0 fully saturated rings. The summed E-state index contributed by atoms with van der Waals surface area (Å²) in [4.78, 5) is 0. The van der Waals surface area contributed by atoms with Crippen LogP contribution in [-0.2, 0) is 15.6 Å². The molecule has 0 aliphatic rings. The van der Waals surface area contributed by atoms with Crippen LogP contribution in [-0.4, -0.2) is 0 Å². The number of rotatable bonds is 2. The summed E-state index contributed by atoms with van der Waals surface area (Å²) in [5.41, 5.74) is 2.61. The summed E-state index contributed by atoms with van der Waals surface area (Å²) >= 11 is 5.27. The summed E-state index contributed by atoms with van der Waals surface area (Å²) in [6.07, 6.45) is 0. The van der Waals surface area contributed by atoms with Gasteiger partial charge in [-0.05, 0) is 0 Å². The van der Waals surface area contributed by atoms with Crippen molar-refractivity contribution in [3.05, 3.63) is 59.7 Å². The zero-order valence-corrected chi connectivity index (χ0v) is 15.5. The number of hydrogen-bond acceptors (Lipinski definition) is 0. The van der Waals surface area contributed by atoms with Gasteiger partial charge in [0.05, 0.1) is 0 Å². The molecule has 88 valence electrons. The van der Waals surface area contributed by atoms with Crippen LogP contribution >= 0.6 is 24.4 Å². The Morgan fingerprint density at radius 2 is 0.941 bits per heavy atom. The van der Waals surface area contributed by atoms with Crippen LogP contribution in [0.5, 0.6) is 0 Å². The van der Waals surface area contributed by atoms with E-state index < -0.39 is 15.6 Å². The fourth-order valence-corrected chi connectivity index (χ4v) is 11.6. The normalized spacial score (nSPS) is 11.5. The Kier molecular flexibility index (Phi) is 4.44. The van der Waals surface area contributed by atoms with Gasteiger partial charge in [-0.15, -0.1) is 0 Å². The third kappa shape index (κ3) is 3.19. The molecule has 2 rings (SSSR count). The van der Waals surface area contributed by atoms with Gasteiger partial charge in [-0.3, -0.25) is 0 Å². The van der Waals surface area contributed by atoms with Crippen LogP contribution in [0, 0.1) is 13.8 Å². The van der Waals surface area contributed by atoms with Crippen molar-refractivity contribution >= 4 is 31.0 Å². The van der Waals surface area contributed by atoms with E-state index >= 15 is 0 Å². The fraction of sp³-hybridized carbons (Fsp3) is 0.143. The number of benzene rings is 2. The molecule has 0 saturated carbocycles. The van der Waals surface area contributed by atoms with Crippen molar-refractivity contribution in [2.75, 3.05) is 0 Å². The number of aryl methyl sites for hydroxylation is 2. The van der Waals surface area contributed by atoms with E-state index in [1.807, 2.05) is 0 Å². The topological polar surface area (TPSA) is 0 Å². The predicted molar refractivity (Wildman–Crippen MR) is 79.5 cm³/mol. The van der Waals surface area contributed by atoms with Gasteiger partial charge < -0.3 is 0 Å². The summed E-state index contributed by atoms with van der Waals surface area (Å²) in [5, 5.41) is 0. The van der Waals surface area contributed by atoms with Gasteiger partial charge in [0.15, 0.2) is 0 Å². The first-order valence-electron chi connectivity index (χ1n) is 5.52. The van der Waals surface area contributed by atoms with Gasteiger partial charge >= 0.3 is 120 Å². The van der Waals surface area contributed by atoms with Gasteiger partial charge in [0.25, 0.3) is 0 Å². The quantitative estimate of drug-likeness (QED) is 0.671. The number of hydrogen-bond donors (Lipinski definition) is 0. The third-order valence-electron chi connectivity index (χ3n) is 2.83. The average Bonchev–Trinajstić information content (AvgIpc) is 2.30. The van der Waals surface area contributed by atoms with E-state index in [4.69, 9.17) is 0 Å². The van der Waals surface area contributed by atoms with Crippen molar-refractivity contribution in [3.8, 4) is 0 Å². The van der Waals surface area contributed by atoms with Crippen LogP contribution in [0.2, 0.25) is 0 Å². The maximum absolute atomic E-state index is 3.97. The minimum absolute atomic E-state index is 1.31. The molecule has 0 aromatic heterocycles. The molecule has 0 amide bonds. The Labute approximate surface area is 119 Å². The fourth-order valence-electron chi connectivity index (χ4n) is 1.69. The summed E-state index contributed by atoms with van der Waals surface area (Å²) in [6.45, 7) is 4.24. The summed E-state index contributed by atoms with van der Waals surface area (Å²) in [5.74, 6) is 0. The minimum atomic E-state index is -2.68. The van der Waals surface area contributed by atoms with E-state index in [9.17, 15) is 0 Å². The molecule has 3 heteroatoms. The van der Waals surface area contributed by atoms with E-state index in [-0.39, 0.29) is 0 Å². The molecule has 17 heavy (non-hydrogen) atoms. The molecule has 0 spiro atoms. The van der Waals surface area contributed by atoms with Crippen molar-refractivity contribution in [1.82, 2.24) is 0 Å². The second-order valence-corrected chi connectivity index (χ2v) is 30.3. The van der Waals surface area contributed by atoms with Gasteiger partial charge in [-0.25, -0.2) is 0 Å². The van der Waals surface area contributed by atoms with E-state index in [2.05, 4.69) is 86.8 Å². The first-order chi connectivity index (χ1) is 8.00. The van der Waals surface area contributed by atoms with Crippen molar-refractivity contribution < 1.29 is 15.6 Å². The molecule has 0 radical (unpaired) electrons. The average molecular weight is 433 g/mol. The summed E-state index contributed by atoms with van der Waals surface area (Å²) in [7, 11) is 0. The van der Waals surface area contributed by atoms with E-state index in [0.717, 1.165) is 0 Å².